The SMILES string of the molecule is [c]1cc[pH]ooc1. The van der Waals surface area contributed by atoms with Gasteiger partial charge in [0.05, 0.1) is 8.43 Å². The molecule has 37 valence electrons. The van der Waals surface area contributed by atoms with E-state index in [1.54, 1.807) is 6.07 Å². The van der Waals surface area contributed by atoms with Gasteiger partial charge in [-0.1, -0.05) is 0 Å². The van der Waals surface area contributed by atoms with Gasteiger partial charge in [0.25, 0.3) is 0 Å². The van der Waals surface area contributed by atoms with Gasteiger partial charge in [-0.2, -0.15) is 0 Å². The lowest BCUT2D eigenvalue weighted by Gasteiger charge is -1.61. The quantitative estimate of drug-likeness (QED) is 0.482. The van der Waals surface area contributed by atoms with E-state index in [1.165, 1.54) is 6.26 Å². The van der Waals surface area contributed by atoms with Crippen LogP contribution >= 0.6 is 8.43 Å². The fraction of sp³-hybridized carbons (Fsp3) is 0. The molecule has 1 aromatic heterocycles. The first kappa shape index (κ1) is 4.54. The highest BCUT2D eigenvalue weighted by molar-refractivity contribution is 7.21. The Morgan fingerprint density at radius 2 is 2.57 bits per heavy atom. The van der Waals surface area contributed by atoms with E-state index < -0.39 is 0 Å². The third kappa shape index (κ3) is 1.51. The van der Waals surface area contributed by atoms with Crippen molar-refractivity contribution in [3.05, 3.63) is 24.2 Å². The zero-order valence-corrected chi connectivity index (χ0v) is 4.55. The lowest BCUT2D eigenvalue weighted by molar-refractivity contribution is 0.101. The van der Waals surface area contributed by atoms with Crippen LogP contribution in [-0.2, 0) is 0 Å². The third-order valence-corrected chi connectivity index (χ3v) is 0.955. The molecule has 1 rings (SSSR count). The van der Waals surface area contributed by atoms with Gasteiger partial charge in [0, 0.05) is 6.07 Å². The van der Waals surface area contributed by atoms with E-state index in [0.29, 0.717) is 8.43 Å². The molecule has 2 nitrogen and oxygen atoms in total. The number of hydrogen-bond donors (Lipinski definition) is 0. The van der Waals surface area contributed by atoms with Gasteiger partial charge in [-0.05, 0) is 11.9 Å². The molecule has 1 unspecified atom stereocenters. The van der Waals surface area contributed by atoms with E-state index in [9.17, 15) is 0 Å². The molecule has 0 saturated heterocycles. The van der Waals surface area contributed by atoms with Gasteiger partial charge in [0.15, 0.2) is 6.26 Å². The molecule has 0 aliphatic rings. The van der Waals surface area contributed by atoms with Crippen LogP contribution in [0.2, 0.25) is 0 Å². The van der Waals surface area contributed by atoms with Crippen molar-refractivity contribution in [3.8, 4) is 0 Å². The van der Waals surface area contributed by atoms with Crippen LogP contribution < -0.4 is 0 Å². The van der Waals surface area contributed by atoms with E-state index in [-0.39, 0.29) is 0 Å². The summed E-state index contributed by atoms with van der Waals surface area (Å²) in [6.07, 6.45) is 1.37. The third-order valence-electron chi connectivity index (χ3n) is 0.460. The first-order chi connectivity index (χ1) is 3.50. The van der Waals surface area contributed by atoms with Crippen molar-refractivity contribution in [2.75, 3.05) is 0 Å². The van der Waals surface area contributed by atoms with Crippen molar-refractivity contribution in [2.24, 2.45) is 0 Å². The molecule has 0 aromatic carbocycles. The minimum Gasteiger partial charge on any atom is -0.296 e. The van der Waals surface area contributed by atoms with Crippen LogP contribution in [0, 0.1) is 6.07 Å². The minimum atomic E-state index is 0.298. The summed E-state index contributed by atoms with van der Waals surface area (Å²) in [5.41, 5.74) is 0. The summed E-state index contributed by atoms with van der Waals surface area (Å²) in [5, 5.41) is 0. The van der Waals surface area contributed by atoms with Gasteiger partial charge in [0.1, 0.15) is 0 Å². The Kier molecular flexibility index (Phi) is 1.64. The first-order valence-corrected chi connectivity index (χ1v) is 2.79. The van der Waals surface area contributed by atoms with Crippen molar-refractivity contribution in [1.29, 1.82) is 0 Å². The molecule has 0 aliphatic heterocycles. The van der Waals surface area contributed by atoms with Crippen molar-refractivity contribution in [1.82, 2.24) is 0 Å². The Balaban J connectivity index is 3.06. The topological polar surface area (TPSA) is 26.3 Å². The molecule has 0 bridgehead atoms. The summed E-state index contributed by atoms with van der Waals surface area (Å²) >= 11 is 0. The van der Waals surface area contributed by atoms with Crippen LogP contribution in [0.1, 0.15) is 0 Å². The largest absolute Gasteiger partial charge is 0.296 e. The van der Waals surface area contributed by atoms with E-state index >= 15 is 0 Å². The molecule has 0 N–H and O–H groups in total. The van der Waals surface area contributed by atoms with Crippen molar-refractivity contribution >= 4 is 8.43 Å². The molecule has 0 aliphatic carbocycles. The van der Waals surface area contributed by atoms with E-state index in [4.69, 9.17) is 0 Å². The van der Waals surface area contributed by atoms with Crippen LogP contribution in [0.3, 0.4) is 0 Å². The van der Waals surface area contributed by atoms with E-state index in [1.807, 2.05) is 5.80 Å². The first-order valence-electron chi connectivity index (χ1n) is 1.81. The highest BCUT2D eigenvalue weighted by Gasteiger charge is 1.60. The van der Waals surface area contributed by atoms with Gasteiger partial charge >= 0.3 is 0 Å². The predicted octanol–water partition coefficient (Wildman–Crippen LogP) is 1.83. The molecule has 0 amide bonds. The molecular weight excluding hydrogens is 111 g/mol. The maximum absolute atomic E-state index is 4.52. The van der Waals surface area contributed by atoms with Crippen molar-refractivity contribution in [2.45, 2.75) is 0 Å². The zero-order chi connectivity index (χ0) is 4.95. The van der Waals surface area contributed by atoms with Gasteiger partial charge in [-0.25, -0.2) is 0 Å². The minimum absolute atomic E-state index is 0.298. The lowest BCUT2D eigenvalue weighted by atomic mass is 10.7. The van der Waals surface area contributed by atoms with Crippen molar-refractivity contribution < 1.29 is 8.93 Å². The molecule has 1 atom stereocenters. The second-order valence-electron chi connectivity index (χ2n) is 0.915. The predicted molar refractivity (Wildman–Crippen MR) is 26.9 cm³/mol. The Labute approximate surface area is 42.6 Å². The maximum atomic E-state index is 4.52. The van der Waals surface area contributed by atoms with E-state index in [0.717, 1.165) is 0 Å². The number of hydrogen-bond acceptors (Lipinski definition) is 2. The zero-order valence-electron chi connectivity index (χ0n) is 3.55. The molecule has 0 fully saturated rings. The van der Waals surface area contributed by atoms with Crippen LogP contribution in [0.25, 0.3) is 0 Å². The molecule has 3 heteroatoms. The fourth-order valence-electron chi connectivity index (χ4n) is 0.229. The van der Waals surface area contributed by atoms with E-state index in [2.05, 4.69) is 15.0 Å². The summed E-state index contributed by atoms with van der Waals surface area (Å²) in [4.78, 5) is 0. The fourth-order valence-corrected chi connectivity index (χ4v) is 0.552. The van der Waals surface area contributed by atoms with Gasteiger partial charge in [-0.3, -0.25) is 8.93 Å². The Morgan fingerprint density at radius 1 is 1.57 bits per heavy atom. The van der Waals surface area contributed by atoms with Crippen LogP contribution in [0.4, 0.5) is 0 Å². The average Bonchev–Trinajstić information content (AvgIpc) is 1.90. The van der Waals surface area contributed by atoms with Gasteiger partial charge in [0.2, 0.25) is 0 Å². The maximum Gasteiger partial charge on any atom is 0.151 e. The Bertz CT molecular complexity index is 97.7. The van der Waals surface area contributed by atoms with Crippen molar-refractivity contribution in [3.63, 3.8) is 0 Å². The van der Waals surface area contributed by atoms with Crippen LogP contribution in [0.5, 0.6) is 0 Å². The second kappa shape index (κ2) is 2.54. The molecule has 1 aromatic rings. The highest BCUT2D eigenvalue weighted by atomic mass is 31.1. The average molecular weight is 115 g/mol. The summed E-state index contributed by atoms with van der Waals surface area (Å²) in [5.74, 6) is 1.84. The Hall–Kier alpha value is -0.620. The Morgan fingerprint density at radius 3 is 3.57 bits per heavy atom. The second-order valence-corrected chi connectivity index (χ2v) is 1.65. The summed E-state index contributed by atoms with van der Waals surface area (Å²) in [7, 11) is 0.298. The lowest BCUT2D eigenvalue weighted by Crippen LogP contribution is -1.33. The molecule has 7 heavy (non-hydrogen) atoms. The monoisotopic (exact) mass is 115 g/mol. The summed E-state index contributed by atoms with van der Waals surface area (Å²) in [6.45, 7) is 0. The molecular formula is C4H4O2P. The molecule has 1 heterocycles. The number of rotatable bonds is 0. The molecule has 0 spiro atoms. The smallest absolute Gasteiger partial charge is 0.151 e. The van der Waals surface area contributed by atoms with Gasteiger partial charge in [-0.15, -0.1) is 0 Å². The summed E-state index contributed by atoms with van der Waals surface area (Å²) < 4.78 is 8.93. The highest BCUT2D eigenvalue weighted by Crippen LogP contribution is 1.96. The van der Waals surface area contributed by atoms with Gasteiger partial charge < -0.3 is 0 Å². The molecule has 0 saturated carbocycles. The molecule has 1 radical (unpaired) electrons. The van der Waals surface area contributed by atoms with Crippen LogP contribution in [-0.4, -0.2) is 0 Å². The summed E-state index contributed by atoms with van der Waals surface area (Å²) in [6, 6.07) is 4.46. The normalized spacial score (nSPS) is 9.14. The standard InChI is InChI=1S/C4H4O2P/c1-2-4-7-6-5-3-1/h2-4,7H. The van der Waals surface area contributed by atoms with Crippen LogP contribution in [0.15, 0.2) is 27.1 Å².